The zero-order valence-electron chi connectivity index (χ0n) is 21.2. The first kappa shape index (κ1) is 26.8. The zero-order valence-corrected chi connectivity index (χ0v) is 22.0. The van der Waals surface area contributed by atoms with Gasteiger partial charge in [0.25, 0.3) is 11.8 Å². The summed E-state index contributed by atoms with van der Waals surface area (Å²) in [5.74, 6) is 9.65. The lowest BCUT2D eigenvalue weighted by atomic mass is 10.0. The molecule has 3 heterocycles. The number of benzene rings is 2. The Kier molecular flexibility index (Phi) is 7.73. The van der Waals surface area contributed by atoms with Crippen LogP contribution in [0.4, 0.5) is 0 Å². The SMILES string of the molecule is NNC(=O)c1cc(-c2ccc(C#Cc3ccc(C(=O)N4CCCCC4C(=O)O)c(Cl)c3)cc2)nc2ccncc12. The van der Waals surface area contributed by atoms with Gasteiger partial charge < -0.3 is 10.0 Å². The fourth-order valence-electron chi connectivity index (χ4n) is 4.70. The van der Waals surface area contributed by atoms with Crippen molar-refractivity contribution in [3.63, 3.8) is 0 Å². The first-order chi connectivity index (χ1) is 19.4. The number of likely N-dealkylation sites (tertiary alicyclic amines) is 1. The number of nitrogen functional groups attached to an aromatic ring is 1. The quantitative estimate of drug-likeness (QED) is 0.150. The highest BCUT2D eigenvalue weighted by atomic mass is 35.5. The average Bonchev–Trinajstić information content (AvgIpc) is 2.99. The van der Waals surface area contributed by atoms with E-state index in [1.165, 1.54) is 4.90 Å². The van der Waals surface area contributed by atoms with Gasteiger partial charge >= 0.3 is 5.97 Å². The van der Waals surface area contributed by atoms with Crippen LogP contribution in [-0.2, 0) is 4.79 Å². The third kappa shape index (κ3) is 5.50. The maximum atomic E-state index is 13.0. The van der Waals surface area contributed by atoms with E-state index in [9.17, 15) is 19.5 Å². The van der Waals surface area contributed by atoms with Crippen LogP contribution in [0.3, 0.4) is 0 Å². The van der Waals surface area contributed by atoms with Gasteiger partial charge in [-0.3, -0.25) is 20.0 Å². The number of pyridine rings is 2. The normalized spacial score (nSPS) is 14.8. The molecule has 0 radical (unpaired) electrons. The van der Waals surface area contributed by atoms with Crippen LogP contribution >= 0.6 is 11.6 Å². The molecule has 1 unspecified atom stereocenters. The lowest BCUT2D eigenvalue weighted by Gasteiger charge is -2.33. The number of nitrogens with two attached hydrogens (primary N) is 1. The minimum atomic E-state index is -1.01. The maximum Gasteiger partial charge on any atom is 0.326 e. The largest absolute Gasteiger partial charge is 0.480 e. The number of hydrogen-bond donors (Lipinski definition) is 3. The number of carboxylic acids is 1. The minimum Gasteiger partial charge on any atom is -0.480 e. The first-order valence-electron chi connectivity index (χ1n) is 12.6. The number of rotatable bonds is 4. The highest BCUT2D eigenvalue weighted by molar-refractivity contribution is 6.34. The molecule has 5 rings (SSSR count). The predicted molar refractivity (Wildman–Crippen MR) is 150 cm³/mol. The number of amides is 2. The zero-order chi connectivity index (χ0) is 28.2. The second-order valence-electron chi connectivity index (χ2n) is 9.29. The van der Waals surface area contributed by atoms with Gasteiger partial charge in [0.05, 0.1) is 27.4 Å². The van der Waals surface area contributed by atoms with Crippen molar-refractivity contribution in [3.05, 3.63) is 94.3 Å². The summed E-state index contributed by atoms with van der Waals surface area (Å²) >= 11 is 6.42. The van der Waals surface area contributed by atoms with Gasteiger partial charge in [-0.1, -0.05) is 35.6 Å². The van der Waals surface area contributed by atoms with E-state index in [2.05, 4.69) is 27.2 Å². The number of hydrazine groups is 1. The van der Waals surface area contributed by atoms with E-state index < -0.39 is 23.8 Å². The molecule has 9 nitrogen and oxygen atoms in total. The fourth-order valence-corrected chi connectivity index (χ4v) is 4.96. The Labute approximate surface area is 235 Å². The Morgan fingerprint density at radius 1 is 1.00 bits per heavy atom. The molecule has 10 heteroatoms. The number of piperidine rings is 1. The molecular formula is C30H24ClN5O4. The lowest BCUT2D eigenvalue weighted by molar-refractivity contribution is -0.143. The number of halogens is 1. The molecule has 1 aliphatic rings. The van der Waals surface area contributed by atoms with Crippen LogP contribution in [-0.4, -0.2) is 50.3 Å². The second kappa shape index (κ2) is 11.5. The molecular weight excluding hydrogens is 530 g/mol. The third-order valence-electron chi connectivity index (χ3n) is 6.77. The molecule has 4 aromatic rings. The summed E-state index contributed by atoms with van der Waals surface area (Å²) in [6.45, 7) is 0.386. The minimum absolute atomic E-state index is 0.219. The van der Waals surface area contributed by atoms with Gasteiger partial charge in [-0.25, -0.2) is 15.6 Å². The van der Waals surface area contributed by atoms with Crippen molar-refractivity contribution in [2.75, 3.05) is 6.54 Å². The Balaban J connectivity index is 1.36. The molecule has 2 aromatic carbocycles. The topological polar surface area (TPSA) is 139 Å². The monoisotopic (exact) mass is 553 g/mol. The van der Waals surface area contributed by atoms with E-state index in [1.54, 1.807) is 42.7 Å². The van der Waals surface area contributed by atoms with Gasteiger partial charge in [-0.2, -0.15) is 0 Å². The summed E-state index contributed by atoms with van der Waals surface area (Å²) < 4.78 is 0. The van der Waals surface area contributed by atoms with Gasteiger partial charge in [0.15, 0.2) is 0 Å². The molecule has 0 spiro atoms. The average molecular weight is 554 g/mol. The van der Waals surface area contributed by atoms with Gasteiger partial charge in [0, 0.05) is 41.0 Å². The number of carboxylic acid groups (broad SMARTS) is 1. The van der Waals surface area contributed by atoms with E-state index >= 15 is 0 Å². The first-order valence-corrected chi connectivity index (χ1v) is 12.9. The van der Waals surface area contributed by atoms with Crippen molar-refractivity contribution in [2.45, 2.75) is 25.3 Å². The summed E-state index contributed by atoms with van der Waals surface area (Å²) in [5.41, 5.74) is 6.15. The Morgan fingerprint density at radius 2 is 1.75 bits per heavy atom. The van der Waals surface area contributed by atoms with Crippen molar-refractivity contribution in [2.24, 2.45) is 5.84 Å². The van der Waals surface area contributed by atoms with Crippen molar-refractivity contribution in [1.82, 2.24) is 20.3 Å². The molecule has 2 aromatic heterocycles. The predicted octanol–water partition coefficient (Wildman–Crippen LogP) is 4.03. The van der Waals surface area contributed by atoms with Crippen LogP contribution in [0.1, 0.15) is 51.1 Å². The fraction of sp³-hybridized carbons (Fsp3) is 0.167. The van der Waals surface area contributed by atoms with E-state index in [-0.39, 0.29) is 10.6 Å². The molecule has 2 amide bonds. The number of aromatic nitrogens is 2. The van der Waals surface area contributed by atoms with Crippen molar-refractivity contribution < 1.29 is 19.5 Å². The van der Waals surface area contributed by atoms with Crippen molar-refractivity contribution >= 4 is 40.3 Å². The van der Waals surface area contributed by atoms with E-state index in [4.69, 9.17) is 17.4 Å². The highest BCUT2D eigenvalue weighted by Gasteiger charge is 2.33. The summed E-state index contributed by atoms with van der Waals surface area (Å²) in [4.78, 5) is 47.1. The number of aliphatic carboxylic acids is 1. The molecule has 0 saturated carbocycles. The van der Waals surface area contributed by atoms with Gasteiger partial charge in [0.1, 0.15) is 6.04 Å². The van der Waals surface area contributed by atoms with E-state index in [0.717, 1.165) is 24.0 Å². The smallest absolute Gasteiger partial charge is 0.326 e. The molecule has 0 bridgehead atoms. The molecule has 1 saturated heterocycles. The summed E-state index contributed by atoms with van der Waals surface area (Å²) in [7, 11) is 0. The van der Waals surface area contributed by atoms with Gasteiger partial charge in [-0.15, -0.1) is 0 Å². The maximum absolute atomic E-state index is 13.0. The van der Waals surface area contributed by atoms with Crippen LogP contribution in [0.5, 0.6) is 0 Å². The third-order valence-corrected chi connectivity index (χ3v) is 7.08. The second-order valence-corrected chi connectivity index (χ2v) is 9.70. The molecule has 4 N–H and O–H groups in total. The highest BCUT2D eigenvalue weighted by Crippen LogP contribution is 2.26. The number of hydrogen-bond acceptors (Lipinski definition) is 6. The Bertz CT molecular complexity index is 1690. The van der Waals surface area contributed by atoms with Crippen LogP contribution in [0.15, 0.2) is 67.0 Å². The molecule has 1 fully saturated rings. The standard InChI is InChI=1S/C30H24ClN5O4/c31-24-15-19(8-11-21(24)29(38)36-14-2-1-3-27(36)30(39)40)5-4-18-6-9-20(10-7-18)26-16-22(28(37)35-32)23-17-33-13-12-25(23)34-26/h6-13,15-17,27H,1-3,14,32H2,(H,35,37)(H,39,40). The molecule has 40 heavy (non-hydrogen) atoms. The number of nitrogens with zero attached hydrogens (tertiary/aromatic N) is 3. The van der Waals surface area contributed by atoms with Crippen LogP contribution in [0.2, 0.25) is 5.02 Å². The molecule has 1 atom stereocenters. The number of fused-ring (bicyclic) bond motifs is 1. The number of nitrogens with one attached hydrogen (secondary N) is 1. The lowest BCUT2D eigenvalue weighted by Crippen LogP contribution is -2.48. The molecule has 200 valence electrons. The van der Waals surface area contributed by atoms with E-state index in [0.29, 0.717) is 40.7 Å². The Morgan fingerprint density at radius 3 is 2.48 bits per heavy atom. The van der Waals surface area contributed by atoms with Crippen molar-refractivity contribution in [1.29, 1.82) is 0 Å². The summed E-state index contributed by atoms with van der Waals surface area (Å²) in [6.07, 6.45) is 5.14. The summed E-state index contributed by atoms with van der Waals surface area (Å²) in [6, 6.07) is 14.8. The van der Waals surface area contributed by atoms with E-state index in [1.807, 2.05) is 24.3 Å². The van der Waals surface area contributed by atoms with Crippen LogP contribution in [0.25, 0.3) is 22.2 Å². The number of carbonyl (C=O) groups excluding carboxylic acids is 2. The number of carbonyl (C=O) groups is 3. The molecule has 1 aliphatic heterocycles. The molecule has 0 aliphatic carbocycles. The Hall–Kier alpha value is -4.78. The van der Waals surface area contributed by atoms with Gasteiger partial charge in [0.2, 0.25) is 0 Å². The van der Waals surface area contributed by atoms with Crippen molar-refractivity contribution in [3.8, 4) is 23.1 Å². The van der Waals surface area contributed by atoms with Gasteiger partial charge in [-0.05, 0) is 61.7 Å². The summed E-state index contributed by atoms with van der Waals surface area (Å²) in [5, 5.41) is 10.3. The van der Waals surface area contributed by atoms with Crippen LogP contribution in [0, 0.1) is 11.8 Å². The van der Waals surface area contributed by atoms with Crippen LogP contribution < -0.4 is 11.3 Å².